The van der Waals surface area contributed by atoms with Crippen LogP contribution in [0.2, 0.25) is 0 Å². The third-order valence-electron chi connectivity index (χ3n) is 7.53. The highest BCUT2D eigenvalue weighted by Gasteiger charge is 2.44. The summed E-state index contributed by atoms with van der Waals surface area (Å²) in [6, 6.07) is 5.81. The molecule has 0 radical (unpaired) electrons. The molecular formula is C32H49N5O7S. The largest absolute Gasteiger partial charge is 0.391 e. The maximum Gasteiger partial charge on any atom is 0.246 e. The maximum absolute atomic E-state index is 13.8. The minimum Gasteiger partial charge on any atom is -0.391 e. The lowest BCUT2D eigenvalue weighted by Crippen LogP contribution is -2.58. The minimum absolute atomic E-state index is 0.00313. The summed E-state index contributed by atoms with van der Waals surface area (Å²) in [4.78, 5) is 46.8. The highest BCUT2D eigenvalue weighted by Crippen LogP contribution is 2.29. The fourth-order valence-electron chi connectivity index (χ4n) is 5.00. The average molecular weight is 648 g/mol. The lowest BCUT2D eigenvalue weighted by Gasteiger charge is -2.35. The number of hydrogen-bond donors (Lipinski definition) is 4. The smallest absolute Gasteiger partial charge is 0.246 e. The van der Waals surface area contributed by atoms with E-state index in [1.165, 1.54) is 4.90 Å². The van der Waals surface area contributed by atoms with E-state index < -0.39 is 35.4 Å². The monoisotopic (exact) mass is 647 g/mol. The molecule has 2 unspecified atom stereocenters. The van der Waals surface area contributed by atoms with E-state index in [1.807, 2.05) is 71.4 Å². The second-order valence-electron chi connectivity index (χ2n) is 12.3. The topological polar surface area (TPSA) is 151 Å². The van der Waals surface area contributed by atoms with Crippen LogP contribution in [0.3, 0.4) is 0 Å². The van der Waals surface area contributed by atoms with Crippen LogP contribution in [0.25, 0.3) is 10.4 Å². The van der Waals surface area contributed by atoms with Gasteiger partial charge in [-0.25, -0.2) is 4.98 Å². The van der Waals surface area contributed by atoms with Gasteiger partial charge >= 0.3 is 0 Å². The molecule has 1 aliphatic heterocycles. The molecule has 1 aromatic carbocycles. The number of aryl methyl sites for hydroxylation is 1. The van der Waals surface area contributed by atoms with Crippen molar-refractivity contribution in [2.24, 2.45) is 5.41 Å². The van der Waals surface area contributed by atoms with Gasteiger partial charge in [0.2, 0.25) is 17.7 Å². The summed E-state index contributed by atoms with van der Waals surface area (Å²) in [5.74, 6) is -1.24. The number of aliphatic hydroxyl groups is 1. The van der Waals surface area contributed by atoms with Crippen molar-refractivity contribution in [2.45, 2.75) is 65.3 Å². The number of nitrogens with one attached hydrogen (secondary N) is 3. The lowest BCUT2D eigenvalue weighted by atomic mass is 9.85. The summed E-state index contributed by atoms with van der Waals surface area (Å²) < 4.78 is 16.2. The molecule has 0 saturated carbocycles. The Balaban J connectivity index is 1.53. The average Bonchev–Trinajstić information content (AvgIpc) is 3.61. The molecule has 0 spiro atoms. The minimum atomic E-state index is -0.930. The molecule has 2 heterocycles. The first kappa shape index (κ1) is 36.5. The zero-order valence-corrected chi connectivity index (χ0v) is 28.1. The molecule has 3 rings (SSSR count). The number of ether oxygens (including phenoxy) is 3. The molecule has 4 N–H and O–H groups in total. The number of nitrogens with zero attached hydrogens (tertiary/aromatic N) is 2. The van der Waals surface area contributed by atoms with Gasteiger partial charge in [0.15, 0.2) is 0 Å². The molecule has 4 atom stereocenters. The Morgan fingerprint density at radius 1 is 1.04 bits per heavy atom. The van der Waals surface area contributed by atoms with E-state index in [9.17, 15) is 19.5 Å². The standard InChI is InChI=1S/C32H49N5O7S/c1-21(23-7-9-24(10-8-23)28-22(2)34-20-45-28)35-30(40)26-17-25(38)18-37(26)31(41)29(32(3,4)5)36-27(39)19-44-16-15-43-14-13-42-12-11-33-6/h7-10,20-21,25-26,29,33,38H,11-19H2,1-6H3,(H,35,40)(H,36,39)/t21?,25-,26+,29?/m1/s1. The molecule has 0 aliphatic carbocycles. The van der Waals surface area contributed by atoms with E-state index in [0.29, 0.717) is 26.4 Å². The molecule has 1 aliphatic rings. The van der Waals surface area contributed by atoms with Gasteiger partial charge in [0.25, 0.3) is 0 Å². The number of likely N-dealkylation sites (tertiary alicyclic amines) is 1. The van der Waals surface area contributed by atoms with Crippen molar-refractivity contribution in [3.05, 3.63) is 41.0 Å². The first-order chi connectivity index (χ1) is 21.4. The number of aliphatic hydroxyl groups excluding tert-OH is 1. The van der Waals surface area contributed by atoms with E-state index in [0.717, 1.165) is 28.2 Å². The molecule has 250 valence electrons. The van der Waals surface area contributed by atoms with Crippen LogP contribution in [0.15, 0.2) is 29.8 Å². The number of amides is 3. The molecule has 1 saturated heterocycles. The van der Waals surface area contributed by atoms with E-state index in [4.69, 9.17) is 14.2 Å². The van der Waals surface area contributed by atoms with Crippen LogP contribution >= 0.6 is 11.3 Å². The van der Waals surface area contributed by atoms with Gasteiger partial charge < -0.3 is 40.2 Å². The van der Waals surface area contributed by atoms with Gasteiger partial charge in [-0.3, -0.25) is 14.4 Å². The Bertz CT molecular complexity index is 1230. The fraction of sp³-hybridized carbons (Fsp3) is 0.625. The number of thiazole rings is 1. The lowest BCUT2D eigenvalue weighted by molar-refractivity contribution is -0.144. The van der Waals surface area contributed by atoms with Crippen LogP contribution in [-0.2, 0) is 28.6 Å². The summed E-state index contributed by atoms with van der Waals surface area (Å²) in [6.07, 6.45) is -0.738. The van der Waals surface area contributed by atoms with Gasteiger partial charge in [-0.1, -0.05) is 45.0 Å². The zero-order valence-electron chi connectivity index (χ0n) is 27.3. The number of carbonyl (C=O) groups excluding carboxylic acids is 3. The highest BCUT2D eigenvalue weighted by molar-refractivity contribution is 7.13. The Hall–Kier alpha value is -2.94. The van der Waals surface area contributed by atoms with Crippen molar-refractivity contribution in [3.63, 3.8) is 0 Å². The van der Waals surface area contributed by atoms with Crippen LogP contribution in [0.4, 0.5) is 0 Å². The number of benzene rings is 1. The van der Waals surface area contributed by atoms with Gasteiger partial charge in [0.1, 0.15) is 18.7 Å². The molecule has 12 nitrogen and oxygen atoms in total. The SMILES string of the molecule is CNCCOCCOCCOCC(=O)NC(C(=O)N1C[C@H](O)C[C@H]1C(=O)NC(C)c1ccc(-c2scnc2C)cc1)C(C)(C)C. The summed E-state index contributed by atoms with van der Waals surface area (Å²) in [5, 5.41) is 19.3. The number of likely N-dealkylation sites (N-methyl/N-ethyl adjacent to an activating group) is 1. The molecular weight excluding hydrogens is 598 g/mol. The molecule has 1 aromatic heterocycles. The van der Waals surface area contributed by atoms with Crippen molar-refractivity contribution in [1.29, 1.82) is 0 Å². The molecule has 0 bridgehead atoms. The Labute approximate surface area is 270 Å². The maximum atomic E-state index is 13.8. The number of hydrogen-bond acceptors (Lipinski definition) is 10. The van der Waals surface area contributed by atoms with E-state index in [1.54, 1.807) is 11.3 Å². The predicted octanol–water partition coefficient (Wildman–Crippen LogP) is 2.06. The van der Waals surface area contributed by atoms with Crippen molar-refractivity contribution < 1.29 is 33.7 Å². The van der Waals surface area contributed by atoms with Crippen LogP contribution in [0, 0.1) is 12.3 Å². The van der Waals surface area contributed by atoms with E-state index in [2.05, 4.69) is 20.9 Å². The molecule has 3 amide bonds. The third-order valence-corrected chi connectivity index (χ3v) is 8.51. The van der Waals surface area contributed by atoms with Crippen molar-refractivity contribution in [2.75, 3.05) is 59.8 Å². The Morgan fingerprint density at radius 3 is 2.29 bits per heavy atom. The van der Waals surface area contributed by atoms with Crippen LogP contribution in [-0.4, -0.2) is 111 Å². The Morgan fingerprint density at radius 2 is 1.69 bits per heavy atom. The Kier molecular flexibility index (Phi) is 14.3. The molecule has 13 heteroatoms. The molecule has 2 aromatic rings. The fourth-order valence-corrected chi connectivity index (χ4v) is 5.81. The van der Waals surface area contributed by atoms with Gasteiger partial charge in [0.05, 0.1) is 61.3 Å². The highest BCUT2D eigenvalue weighted by atomic mass is 32.1. The number of carbonyl (C=O) groups is 3. The number of β-amino-alcohol motifs (C(OH)–C–C–N with tert-alkyl or cyclic N) is 1. The van der Waals surface area contributed by atoms with Gasteiger partial charge in [-0.05, 0) is 37.4 Å². The van der Waals surface area contributed by atoms with Crippen molar-refractivity contribution in [1.82, 2.24) is 25.8 Å². The predicted molar refractivity (Wildman–Crippen MR) is 173 cm³/mol. The van der Waals surface area contributed by atoms with E-state index in [-0.39, 0.29) is 38.1 Å². The molecule has 45 heavy (non-hydrogen) atoms. The van der Waals surface area contributed by atoms with Gasteiger partial charge in [0, 0.05) is 19.5 Å². The van der Waals surface area contributed by atoms with E-state index >= 15 is 0 Å². The normalized spacial score (nSPS) is 18.1. The number of rotatable bonds is 17. The first-order valence-electron chi connectivity index (χ1n) is 15.4. The zero-order chi connectivity index (χ0) is 33.0. The summed E-state index contributed by atoms with van der Waals surface area (Å²) in [6.45, 7) is 11.9. The second-order valence-corrected chi connectivity index (χ2v) is 13.1. The summed E-state index contributed by atoms with van der Waals surface area (Å²) in [5.41, 5.74) is 4.09. The first-order valence-corrected chi connectivity index (χ1v) is 16.3. The second kappa shape index (κ2) is 17.7. The van der Waals surface area contributed by atoms with Gasteiger partial charge in [-0.2, -0.15) is 0 Å². The van der Waals surface area contributed by atoms with Gasteiger partial charge in [-0.15, -0.1) is 11.3 Å². The molecule has 1 fully saturated rings. The van der Waals surface area contributed by atoms with Crippen molar-refractivity contribution in [3.8, 4) is 10.4 Å². The number of aromatic nitrogens is 1. The summed E-state index contributed by atoms with van der Waals surface area (Å²) in [7, 11) is 1.86. The van der Waals surface area contributed by atoms with Crippen LogP contribution in [0.1, 0.15) is 51.4 Å². The van der Waals surface area contributed by atoms with Crippen LogP contribution in [0.5, 0.6) is 0 Å². The quantitative estimate of drug-likeness (QED) is 0.189. The van der Waals surface area contributed by atoms with Crippen LogP contribution < -0.4 is 16.0 Å². The summed E-state index contributed by atoms with van der Waals surface area (Å²) >= 11 is 1.58. The third kappa shape index (κ3) is 11.1. The van der Waals surface area contributed by atoms with Crippen molar-refractivity contribution >= 4 is 29.1 Å².